The predicted octanol–water partition coefficient (Wildman–Crippen LogP) is 0.445. The molecule has 4 unspecified atom stereocenters. The molecule has 2 aliphatic rings. The molecule has 0 bridgehead atoms. The molecule has 1 heterocycles. The molecule has 1 fully saturated rings. The highest BCUT2D eigenvalue weighted by Crippen LogP contribution is 2.40. The highest BCUT2D eigenvalue weighted by molar-refractivity contribution is 5.93. The number of nitrogens with zero attached hydrogens (tertiary/aromatic N) is 1. The van der Waals surface area contributed by atoms with Gasteiger partial charge in [-0.1, -0.05) is 19.0 Å². The van der Waals surface area contributed by atoms with Crippen LogP contribution in [-0.4, -0.2) is 28.9 Å². The monoisotopic (exact) mass is 212 g/mol. The van der Waals surface area contributed by atoms with Gasteiger partial charge < -0.3 is 15.7 Å². The van der Waals surface area contributed by atoms with Gasteiger partial charge in [0.25, 0.3) is 0 Å². The van der Waals surface area contributed by atoms with Crippen LogP contribution in [0.2, 0.25) is 0 Å². The summed E-state index contributed by atoms with van der Waals surface area (Å²) in [5, 5.41) is 13.1. The molecule has 0 aromatic rings. The molecule has 1 saturated carbocycles. The van der Waals surface area contributed by atoms with E-state index in [2.05, 4.69) is 5.16 Å². The van der Waals surface area contributed by atoms with Crippen LogP contribution in [0.1, 0.15) is 20.3 Å². The molecule has 0 saturated heterocycles. The number of hydrogen-bond acceptors (Lipinski definition) is 4. The first kappa shape index (κ1) is 10.4. The number of aliphatic carboxylic acids is 1. The van der Waals surface area contributed by atoms with Crippen LogP contribution in [0.5, 0.6) is 0 Å². The van der Waals surface area contributed by atoms with Crippen molar-refractivity contribution >= 4 is 11.7 Å². The second-order valence-corrected chi connectivity index (χ2v) is 4.61. The van der Waals surface area contributed by atoms with E-state index in [-0.39, 0.29) is 24.0 Å². The zero-order valence-corrected chi connectivity index (χ0v) is 8.88. The van der Waals surface area contributed by atoms with E-state index in [1.807, 2.05) is 13.8 Å². The van der Waals surface area contributed by atoms with Gasteiger partial charge in [-0.05, 0) is 12.3 Å². The lowest BCUT2D eigenvalue weighted by atomic mass is 9.85. The van der Waals surface area contributed by atoms with E-state index < -0.39 is 11.9 Å². The summed E-state index contributed by atoms with van der Waals surface area (Å²) in [7, 11) is 0. The van der Waals surface area contributed by atoms with E-state index in [0.717, 1.165) is 5.71 Å². The summed E-state index contributed by atoms with van der Waals surface area (Å²) in [6, 6.07) is -0.212. The Morgan fingerprint density at radius 2 is 2.33 bits per heavy atom. The molecule has 3 N–H and O–H groups in total. The van der Waals surface area contributed by atoms with Crippen molar-refractivity contribution in [2.75, 3.05) is 0 Å². The molecular formula is C10H16N2O3. The predicted molar refractivity (Wildman–Crippen MR) is 54.4 cm³/mol. The number of nitrogens with two attached hydrogens (primary N) is 1. The van der Waals surface area contributed by atoms with Crippen molar-refractivity contribution in [1.82, 2.24) is 0 Å². The minimum Gasteiger partial charge on any atom is -0.481 e. The molecule has 5 heteroatoms. The summed E-state index contributed by atoms with van der Waals surface area (Å²) in [6.45, 7) is 3.99. The normalized spacial score (nSPS) is 38.8. The van der Waals surface area contributed by atoms with Crippen molar-refractivity contribution in [1.29, 1.82) is 0 Å². The highest BCUT2D eigenvalue weighted by atomic mass is 16.6. The molecule has 4 atom stereocenters. The van der Waals surface area contributed by atoms with Gasteiger partial charge in [0.1, 0.15) is 0 Å². The Balaban J connectivity index is 2.26. The van der Waals surface area contributed by atoms with E-state index >= 15 is 0 Å². The number of carbonyl (C=O) groups is 1. The SMILES string of the molecule is CC(C)C1=NOC2C(N)CC(C(=O)O)C12. The summed E-state index contributed by atoms with van der Waals surface area (Å²) in [4.78, 5) is 16.3. The first-order valence-electron chi connectivity index (χ1n) is 5.24. The van der Waals surface area contributed by atoms with E-state index in [9.17, 15) is 4.79 Å². The molecule has 0 spiro atoms. The van der Waals surface area contributed by atoms with Crippen LogP contribution in [0.25, 0.3) is 0 Å². The maximum atomic E-state index is 11.1. The van der Waals surface area contributed by atoms with Crippen molar-refractivity contribution in [3.05, 3.63) is 0 Å². The largest absolute Gasteiger partial charge is 0.481 e. The van der Waals surface area contributed by atoms with Crippen molar-refractivity contribution in [3.8, 4) is 0 Å². The first-order valence-corrected chi connectivity index (χ1v) is 5.24. The van der Waals surface area contributed by atoms with Gasteiger partial charge in [0, 0.05) is 6.04 Å². The van der Waals surface area contributed by atoms with Gasteiger partial charge in [-0.2, -0.15) is 0 Å². The number of oxime groups is 1. The molecule has 0 radical (unpaired) electrons. The Morgan fingerprint density at radius 1 is 1.67 bits per heavy atom. The summed E-state index contributed by atoms with van der Waals surface area (Å²) >= 11 is 0. The van der Waals surface area contributed by atoms with Gasteiger partial charge in [-0.15, -0.1) is 0 Å². The molecular weight excluding hydrogens is 196 g/mol. The van der Waals surface area contributed by atoms with Crippen LogP contribution in [-0.2, 0) is 9.63 Å². The van der Waals surface area contributed by atoms with E-state index in [1.165, 1.54) is 0 Å². The number of carboxylic acid groups (broad SMARTS) is 1. The Morgan fingerprint density at radius 3 is 2.87 bits per heavy atom. The fourth-order valence-electron chi connectivity index (χ4n) is 2.51. The van der Waals surface area contributed by atoms with Gasteiger partial charge in [0.15, 0.2) is 6.10 Å². The Bertz CT molecular complexity index is 314. The summed E-state index contributed by atoms with van der Waals surface area (Å²) in [5.74, 6) is -1.14. The zero-order chi connectivity index (χ0) is 11.2. The molecule has 84 valence electrons. The molecule has 0 aromatic heterocycles. The highest BCUT2D eigenvalue weighted by Gasteiger charge is 2.52. The first-order chi connectivity index (χ1) is 7.02. The van der Waals surface area contributed by atoms with Gasteiger partial charge in [0.05, 0.1) is 17.5 Å². The second-order valence-electron chi connectivity index (χ2n) is 4.61. The standard InChI is InChI=1S/C10H16N2O3/c1-4(2)8-7-5(10(13)14)3-6(11)9(7)15-12-8/h4-7,9H,3,11H2,1-2H3,(H,13,14). The Kier molecular flexibility index (Phi) is 2.42. The second kappa shape index (κ2) is 3.48. The number of hydrogen-bond donors (Lipinski definition) is 2. The Hall–Kier alpha value is -1.10. The number of fused-ring (bicyclic) bond motifs is 1. The molecule has 2 rings (SSSR count). The third-order valence-electron chi connectivity index (χ3n) is 3.27. The third-order valence-corrected chi connectivity index (χ3v) is 3.27. The lowest BCUT2D eigenvalue weighted by Gasteiger charge is -2.16. The number of rotatable bonds is 2. The lowest BCUT2D eigenvalue weighted by Crippen LogP contribution is -2.35. The fourth-order valence-corrected chi connectivity index (χ4v) is 2.51. The average Bonchev–Trinajstić information content (AvgIpc) is 2.66. The minimum absolute atomic E-state index is 0.127. The van der Waals surface area contributed by atoms with Gasteiger partial charge in [-0.25, -0.2) is 0 Å². The molecule has 15 heavy (non-hydrogen) atoms. The van der Waals surface area contributed by atoms with E-state index in [0.29, 0.717) is 6.42 Å². The van der Waals surface area contributed by atoms with Gasteiger partial charge >= 0.3 is 5.97 Å². The van der Waals surface area contributed by atoms with E-state index in [1.54, 1.807) is 0 Å². The maximum Gasteiger partial charge on any atom is 0.307 e. The topological polar surface area (TPSA) is 84.9 Å². The fraction of sp³-hybridized carbons (Fsp3) is 0.800. The van der Waals surface area contributed by atoms with Crippen molar-refractivity contribution in [3.63, 3.8) is 0 Å². The quantitative estimate of drug-likeness (QED) is 0.695. The molecule has 1 aliphatic carbocycles. The van der Waals surface area contributed by atoms with Crippen LogP contribution in [0.15, 0.2) is 5.16 Å². The van der Waals surface area contributed by atoms with Gasteiger partial charge in [-0.3, -0.25) is 4.79 Å². The smallest absolute Gasteiger partial charge is 0.307 e. The van der Waals surface area contributed by atoms with Gasteiger partial charge in [0.2, 0.25) is 0 Å². The van der Waals surface area contributed by atoms with Crippen molar-refractivity contribution in [2.24, 2.45) is 28.6 Å². The van der Waals surface area contributed by atoms with E-state index in [4.69, 9.17) is 15.7 Å². The van der Waals surface area contributed by atoms with Crippen LogP contribution in [0.3, 0.4) is 0 Å². The van der Waals surface area contributed by atoms with Crippen molar-refractivity contribution < 1.29 is 14.7 Å². The third kappa shape index (κ3) is 1.51. The average molecular weight is 212 g/mol. The number of carboxylic acids is 1. The van der Waals surface area contributed by atoms with Crippen molar-refractivity contribution in [2.45, 2.75) is 32.4 Å². The summed E-state index contributed by atoms with van der Waals surface area (Å²) < 4.78 is 0. The Labute approximate surface area is 88.3 Å². The van der Waals surface area contributed by atoms with Crippen LogP contribution in [0.4, 0.5) is 0 Å². The van der Waals surface area contributed by atoms with Crippen LogP contribution < -0.4 is 5.73 Å². The molecule has 0 aromatic carbocycles. The molecule has 1 aliphatic heterocycles. The lowest BCUT2D eigenvalue weighted by molar-refractivity contribution is -0.142. The summed E-state index contributed by atoms with van der Waals surface area (Å²) in [5.41, 5.74) is 6.70. The van der Waals surface area contributed by atoms with Crippen LogP contribution >= 0.6 is 0 Å². The molecule has 0 amide bonds. The summed E-state index contributed by atoms with van der Waals surface area (Å²) in [6.07, 6.45) is 0.250. The minimum atomic E-state index is -0.795. The maximum absolute atomic E-state index is 11.1. The molecule has 5 nitrogen and oxygen atoms in total. The van der Waals surface area contributed by atoms with Crippen LogP contribution in [0, 0.1) is 17.8 Å². The zero-order valence-electron chi connectivity index (χ0n) is 8.88.